The van der Waals surface area contributed by atoms with E-state index < -0.39 is 32.4 Å². The zero-order valence-electron chi connectivity index (χ0n) is 37.2. The molecule has 0 spiro atoms. The second-order valence-electron chi connectivity index (χ2n) is 16.9. The smallest absolute Gasteiger partial charge is 0.388 e. The van der Waals surface area contributed by atoms with Crippen LogP contribution in [0, 0.1) is 0 Å². The summed E-state index contributed by atoms with van der Waals surface area (Å²) in [6.45, 7) is 5.60. The standard InChI is InChI=1S/C45H84N5O8P/c1-3-5-7-9-11-13-15-17-19-21-23-25-27-29-31-54-34-40(55-32-30-28-26-24-22-20-18-16-14-12-10-8-6-4-2)36-57-59(52,53)56-35-39-33-41(51)45(58-39)50-38-49-42-43(46)47-37-48-44(42)50/h37-41,45,51H,3-36H2,1-2H3,(H,52,53)(H2,46,47,48)/t39-,40+,41+,45+/m0/s1. The molecule has 1 aliphatic heterocycles. The Kier molecular flexibility index (Phi) is 28.8. The molecule has 0 amide bonds. The van der Waals surface area contributed by atoms with Gasteiger partial charge in [-0.25, -0.2) is 19.5 Å². The third kappa shape index (κ3) is 23.4. The first kappa shape index (κ1) is 51.6. The average Bonchev–Trinajstić information content (AvgIpc) is 3.83. The minimum absolute atomic E-state index is 0.135. The van der Waals surface area contributed by atoms with E-state index >= 15 is 0 Å². The summed E-state index contributed by atoms with van der Waals surface area (Å²) in [6, 6.07) is 0. The molecule has 14 heteroatoms. The van der Waals surface area contributed by atoms with Gasteiger partial charge in [0.25, 0.3) is 0 Å². The number of hydrogen-bond donors (Lipinski definition) is 3. The number of hydrogen-bond acceptors (Lipinski definition) is 11. The van der Waals surface area contributed by atoms with E-state index in [0.717, 1.165) is 25.7 Å². The van der Waals surface area contributed by atoms with Crippen LogP contribution in [0.3, 0.4) is 0 Å². The lowest BCUT2D eigenvalue weighted by Gasteiger charge is -2.21. The zero-order valence-corrected chi connectivity index (χ0v) is 38.1. The molecule has 1 saturated heterocycles. The Morgan fingerprint density at radius 1 is 0.712 bits per heavy atom. The van der Waals surface area contributed by atoms with E-state index in [2.05, 4.69) is 28.8 Å². The molecule has 4 N–H and O–H groups in total. The Morgan fingerprint density at radius 2 is 1.20 bits per heavy atom. The lowest BCUT2D eigenvalue weighted by Crippen LogP contribution is -2.26. The maximum Gasteiger partial charge on any atom is 0.472 e. The summed E-state index contributed by atoms with van der Waals surface area (Å²) in [6.07, 6.45) is 36.4. The van der Waals surface area contributed by atoms with Crippen LogP contribution in [0.25, 0.3) is 11.2 Å². The molecule has 59 heavy (non-hydrogen) atoms. The van der Waals surface area contributed by atoms with Crippen molar-refractivity contribution >= 4 is 24.8 Å². The molecule has 0 saturated carbocycles. The largest absolute Gasteiger partial charge is 0.472 e. The van der Waals surface area contributed by atoms with Crippen LogP contribution >= 0.6 is 7.82 Å². The Morgan fingerprint density at radius 3 is 1.73 bits per heavy atom. The molecule has 5 atom stereocenters. The third-order valence-corrected chi connectivity index (χ3v) is 12.4. The predicted octanol–water partition coefficient (Wildman–Crippen LogP) is 11.6. The minimum Gasteiger partial charge on any atom is -0.388 e. The van der Waals surface area contributed by atoms with Gasteiger partial charge in [0.2, 0.25) is 0 Å². The third-order valence-electron chi connectivity index (χ3n) is 11.5. The summed E-state index contributed by atoms with van der Waals surface area (Å²) in [5.41, 5.74) is 6.73. The SMILES string of the molecule is CCCCCCCCCCCCCCCCOC[C@H](COP(=O)(O)OC[C@@H]1C[C@@H](O)[C@H](n2cnc3c(N)ncnc32)O1)OCCCCCCCCCCCCCCCC. The molecule has 0 aliphatic carbocycles. The number of aliphatic hydroxyl groups excluding tert-OH is 1. The van der Waals surface area contributed by atoms with E-state index in [0.29, 0.717) is 24.4 Å². The lowest BCUT2D eigenvalue weighted by atomic mass is 10.0. The van der Waals surface area contributed by atoms with E-state index in [9.17, 15) is 14.6 Å². The van der Waals surface area contributed by atoms with Gasteiger partial charge in [0.1, 0.15) is 24.1 Å². The number of rotatable bonds is 40. The molecule has 1 aliphatic rings. The highest BCUT2D eigenvalue weighted by atomic mass is 31.2. The first-order valence-corrected chi connectivity index (χ1v) is 25.4. The fraction of sp³-hybridized carbons (Fsp3) is 0.889. The quantitative estimate of drug-likeness (QED) is 0.0428. The molecule has 1 fully saturated rings. The summed E-state index contributed by atoms with van der Waals surface area (Å²) >= 11 is 0. The highest BCUT2D eigenvalue weighted by molar-refractivity contribution is 7.47. The molecule has 1 unspecified atom stereocenters. The van der Waals surface area contributed by atoms with Gasteiger partial charge in [-0.1, -0.05) is 181 Å². The molecule has 3 heterocycles. The van der Waals surface area contributed by atoms with Crippen LogP contribution in [0.5, 0.6) is 0 Å². The number of fused-ring (bicyclic) bond motifs is 1. The molecule has 0 aromatic carbocycles. The number of unbranched alkanes of at least 4 members (excludes halogenated alkanes) is 26. The first-order chi connectivity index (χ1) is 28.8. The molecule has 0 bridgehead atoms. The van der Waals surface area contributed by atoms with Crippen LogP contribution < -0.4 is 5.73 Å². The lowest BCUT2D eigenvalue weighted by molar-refractivity contribution is -0.0563. The van der Waals surface area contributed by atoms with Crippen molar-refractivity contribution in [2.24, 2.45) is 0 Å². The van der Waals surface area contributed by atoms with Gasteiger partial charge in [-0.05, 0) is 12.8 Å². The van der Waals surface area contributed by atoms with Gasteiger partial charge in [-0.2, -0.15) is 0 Å². The van der Waals surface area contributed by atoms with E-state index in [1.165, 1.54) is 167 Å². The van der Waals surface area contributed by atoms with Gasteiger partial charge in [-0.3, -0.25) is 13.6 Å². The summed E-state index contributed by atoms with van der Waals surface area (Å²) < 4.78 is 43.4. The second-order valence-corrected chi connectivity index (χ2v) is 18.3. The van der Waals surface area contributed by atoms with Crippen LogP contribution in [0.1, 0.15) is 206 Å². The monoisotopic (exact) mass is 854 g/mol. The molecular formula is C45H84N5O8P. The van der Waals surface area contributed by atoms with E-state index in [-0.39, 0.29) is 32.1 Å². The summed E-state index contributed by atoms with van der Waals surface area (Å²) in [5, 5.41) is 10.7. The number of ether oxygens (including phenoxy) is 3. The topological polar surface area (TPSA) is 173 Å². The summed E-state index contributed by atoms with van der Waals surface area (Å²) in [7, 11) is -4.45. The molecule has 0 radical (unpaired) electrons. The number of anilines is 1. The zero-order chi connectivity index (χ0) is 42.2. The Labute approximate surface area is 357 Å². The number of aromatic nitrogens is 4. The number of phosphoric acid groups is 1. The van der Waals surface area contributed by atoms with Crippen molar-refractivity contribution in [1.82, 2.24) is 19.5 Å². The first-order valence-electron chi connectivity index (χ1n) is 23.9. The van der Waals surface area contributed by atoms with Crippen molar-refractivity contribution in [2.75, 3.05) is 38.8 Å². The molecule has 3 rings (SSSR count). The van der Waals surface area contributed by atoms with E-state index in [4.69, 9.17) is 29.0 Å². The van der Waals surface area contributed by atoms with Gasteiger partial charge in [0.05, 0.1) is 32.3 Å². The van der Waals surface area contributed by atoms with Gasteiger partial charge in [0, 0.05) is 19.6 Å². The summed E-state index contributed by atoms with van der Waals surface area (Å²) in [4.78, 5) is 23.0. The molecule has 2 aromatic rings. The number of nitrogens with zero attached hydrogens (tertiary/aromatic N) is 4. The van der Waals surface area contributed by atoms with Gasteiger partial charge in [-0.15, -0.1) is 0 Å². The minimum atomic E-state index is -4.45. The Balaban J connectivity index is 1.31. The second kappa shape index (κ2) is 32.9. The van der Waals surface area contributed by atoms with Crippen LogP contribution in [-0.2, 0) is 27.8 Å². The Bertz CT molecular complexity index is 1350. The molecule has 13 nitrogen and oxygen atoms in total. The number of aliphatic hydroxyl groups is 1. The van der Waals surface area contributed by atoms with Crippen molar-refractivity contribution in [3.05, 3.63) is 12.7 Å². The molecule has 2 aromatic heterocycles. The van der Waals surface area contributed by atoms with Crippen molar-refractivity contribution in [2.45, 2.75) is 225 Å². The van der Waals surface area contributed by atoms with Crippen LogP contribution in [-0.4, -0.2) is 80.9 Å². The number of imidazole rings is 1. The fourth-order valence-corrected chi connectivity index (χ4v) is 8.62. The van der Waals surface area contributed by atoms with Crippen molar-refractivity contribution in [3.8, 4) is 0 Å². The molecular weight excluding hydrogens is 769 g/mol. The molecule has 342 valence electrons. The van der Waals surface area contributed by atoms with Gasteiger partial charge < -0.3 is 29.9 Å². The van der Waals surface area contributed by atoms with Crippen molar-refractivity contribution in [1.29, 1.82) is 0 Å². The predicted molar refractivity (Wildman–Crippen MR) is 237 cm³/mol. The fourth-order valence-electron chi connectivity index (χ4n) is 7.84. The van der Waals surface area contributed by atoms with Gasteiger partial charge in [0.15, 0.2) is 17.7 Å². The van der Waals surface area contributed by atoms with E-state index in [1.54, 1.807) is 4.57 Å². The Hall–Kier alpha value is -1.70. The maximum absolute atomic E-state index is 13.0. The summed E-state index contributed by atoms with van der Waals surface area (Å²) in [5.74, 6) is 0.224. The maximum atomic E-state index is 13.0. The average molecular weight is 854 g/mol. The highest BCUT2D eigenvalue weighted by Crippen LogP contribution is 2.44. The van der Waals surface area contributed by atoms with Crippen molar-refractivity contribution in [3.63, 3.8) is 0 Å². The number of nitrogens with two attached hydrogens (primary N) is 1. The van der Waals surface area contributed by atoms with Crippen LogP contribution in [0.15, 0.2) is 12.7 Å². The normalized spacial score (nSPS) is 18.5. The highest BCUT2D eigenvalue weighted by Gasteiger charge is 2.38. The van der Waals surface area contributed by atoms with Crippen LogP contribution in [0.4, 0.5) is 5.82 Å². The number of phosphoric ester groups is 1. The number of nitrogen functional groups attached to an aromatic ring is 1. The van der Waals surface area contributed by atoms with Crippen LogP contribution in [0.2, 0.25) is 0 Å². The van der Waals surface area contributed by atoms with E-state index in [1.807, 2.05) is 0 Å². The van der Waals surface area contributed by atoms with Crippen molar-refractivity contribution < 1.29 is 37.8 Å². The van der Waals surface area contributed by atoms with Gasteiger partial charge >= 0.3 is 7.82 Å².